The Bertz CT molecular complexity index is 630. The van der Waals surface area contributed by atoms with Crippen molar-refractivity contribution in [1.29, 1.82) is 0 Å². The number of ether oxygens (including phenoxy) is 4. The van der Waals surface area contributed by atoms with Crippen LogP contribution in [0.25, 0.3) is 0 Å². The second kappa shape index (κ2) is 10.2. The molecule has 0 bridgehead atoms. The van der Waals surface area contributed by atoms with Crippen LogP contribution in [-0.4, -0.2) is 50.8 Å². The Balaban J connectivity index is 3.42. The summed E-state index contributed by atoms with van der Waals surface area (Å²) < 4.78 is 20.3. The maximum absolute atomic E-state index is 12.1. The number of hydrogen-bond donors (Lipinski definition) is 0. The molecule has 0 amide bonds. The summed E-state index contributed by atoms with van der Waals surface area (Å²) in [5, 5.41) is 11.1. The molecule has 26 heavy (non-hydrogen) atoms. The van der Waals surface area contributed by atoms with Gasteiger partial charge >= 0.3 is 11.9 Å². The van der Waals surface area contributed by atoms with Crippen molar-refractivity contribution in [1.82, 2.24) is 0 Å². The Morgan fingerprint density at radius 1 is 1.04 bits per heavy atom. The normalized spacial score (nSPS) is 11.6. The van der Waals surface area contributed by atoms with Gasteiger partial charge in [0, 0.05) is 4.92 Å². The lowest BCUT2D eigenvalue weighted by Gasteiger charge is -2.22. The van der Waals surface area contributed by atoms with Gasteiger partial charge in [0.15, 0.2) is 17.4 Å². The number of rotatable bonds is 10. The first-order chi connectivity index (χ1) is 12.4. The van der Waals surface area contributed by atoms with Crippen molar-refractivity contribution in [2.45, 2.75) is 19.8 Å². The van der Waals surface area contributed by atoms with E-state index in [-0.39, 0.29) is 0 Å². The molecule has 0 aliphatic carbocycles. The van der Waals surface area contributed by atoms with Gasteiger partial charge in [-0.05, 0) is 31.5 Å². The van der Waals surface area contributed by atoms with Crippen LogP contribution in [0.15, 0.2) is 18.2 Å². The second-order valence-electron chi connectivity index (χ2n) is 5.22. The molecule has 0 saturated heterocycles. The highest BCUT2D eigenvalue weighted by atomic mass is 16.6. The van der Waals surface area contributed by atoms with Crippen LogP contribution in [0.1, 0.15) is 25.3 Å². The first-order valence-electron chi connectivity index (χ1n) is 8.06. The van der Waals surface area contributed by atoms with Gasteiger partial charge in [0.05, 0.1) is 33.4 Å². The van der Waals surface area contributed by atoms with E-state index in [1.165, 1.54) is 6.07 Å². The third-order valence-corrected chi connectivity index (χ3v) is 3.65. The fourth-order valence-electron chi connectivity index (χ4n) is 2.54. The summed E-state index contributed by atoms with van der Waals surface area (Å²) in [5.41, 5.74) is 0.370. The van der Waals surface area contributed by atoms with Crippen LogP contribution in [0.3, 0.4) is 0 Å². The van der Waals surface area contributed by atoms with Crippen molar-refractivity contribution in [3.05, 3.63) is 33.9 Å². The van der Waals surface area contributed by atoms with Crippen molar-refractivity contribution in [2.24, 2.45) is 5.92 Å². The number of carbonyl (C=O) groups is 2. The van der Waals surface area contributed by atoms with Crippen molar-refractivity contribution in [3.8, 4) is 11.5 Å². The second-order valence-corrected chi connectivity index (χ2v) is 5.22. The number of nitrogens with zero attached hydrogens (tertiary/aromatic N) is 1. The van der Waals surface area contributed by atoms with E-state index in [1.807, 2.05) is 6.92 Å². The molecule has 1 aromatic carbocycles. The minimum atomic E-state index is -1.47. The molecule has 0 spiro atoms. The summed E-state index contributed by atoms with van der Waals surface area (Å²) >= 11 is 0. The van der Waals surface area contributed by atoms with Crippen LogP contribution >= 0.6 is 0 Å². The topological polar surface area (TPSA) is 114 Å². The molecular weight excluding hydrogens is 346 g/mol. The zero-order valence-corrected chi connectivity index (χ0v) is 15.2. The van der Waals surface area contributed by atoms with Gasteiger partial charge in [-0.1, -0.05) is 6.07 Å². The molecule has 144 valence electrons. The number of hydrogen-bond acceptors (Lipinski definition) is 8. The van der Waals surface area contributed by atoms with Crippen molar-refractivity contribution < 1.29 is 33.5 Å². The smallest absolute Gasteiger partial charge is 0.320 e. The number of benzene rings is 1. The predicted octanol–water partition coefficient (Wildman–Crippen LogP) is 1.81. The summed E-state index contributed by atoms with van der Waals surface area (Å²) in [6.07, 6.45) is 0. The van der Waals surface area contributed by atoms with E-state index >= 15 is 0 Å². The summed E-state index contributed by atoms with van der Waals surface area (Å²) in [4.78, 5) is 34.7. The molecule has 1 rings (SSSR count). The molecular formula is C17H23NO8. The Hall–Kier alpha value is -2.84. The van der Waals surface area contributed by atoms with Gasteiger partial charge < -0.3 is 18.9 Å². The summed E-state index contributed by atoms with van der Waals surface area (Å²) in [6.45, 7) is 3.69. The minimum absolute atomic E-state index is 0.348. The largest absolute Gasteiger partial charge is 0.490 e. The third-order valence-electron chi connectivity index (χ3n) is 3.65. The van der Waals surface area contributed by atoms with E-state index in [9.17, 15) is 19.7 Å². The van der Waals surface area contributed by atoms with Crippen molar-refractivity contribution in [2.75, 3.05) is 34.0 Å². The molecule has 0 aliphatic heterocycles. The van der Waals surface area contributed by atoms with Crippen LogP contribution in [0.2, 0.25) is 0 Å². The van der Waals surface area contributed by atoms with Crippen LogP contribution in [0, 0.1) is 16.0 Å². The summed E-state index contributed by atoms with van der Waals surface area (Å²) in [5.74, 6) is -3.53. The average molecular weight is 369 g/mol. The summed E-state index contributed by atoms with van der Waals surface area (Å²) in [6, 6.07) is 4.67. The third kappa shape index (κ3) is 5.33. The van der Waals surface area contributed by atoms with E-state index in [4.69, 9.17) is 9.47 Å². The standard InChI is InChI=1S/C17H23NO8/c1-5-25-13-8-7-11(9-14(13)26-6-2)12(10-18(21)22)15(16(19)23-3)17(20)24-4/h7-9,12,15H,5-6,10H2,1-4H3/t12-/m1/s1. The molecule has 0 radical (unpaired) electrons. The maximum Gasteiger partial charge on any atom is 0.320 e. The van der Waals surface area contributed by atoms with Crippen LogP contribution in [0.4, 0.5) is 0 Å². The SMILES string of the molecule is CCOc1ccc([C@@H](C[N+](=O)[O-])C(C(=O)OC)C(=O)OC)cc1OCC. The van der Waals surface area contributed by atoms with E-state index in [0.717, 1.165) is 14.2 Å². The van der Waals surface area contributed by atoms with Crippen LogP contribution in [0.5, 0.6) is 11.5 Å². The molecule has 0 fully saturated rings. The quantitative estimate of drug-likeness (QED) is 0.265. The highest BCUT2D eigenvalue weighted by Gasteiger charge is 2.41. The first-order valence-corrected chi connectivity index (χ1v) is 8.06. The lowest BCUT2D eigenvalue weighted by atomic mass is 9.85. The van der Waals surface area contributed by atoms with E-state index in [0.29, 0.717) is 30.3 Å². The molecule has 0 saturated carbocycles. The van der Waals surface area contributed by atoms with Crippen LogP contribution < -0.4 is 9.47 Å². The van der Waals surface area contributed by atoms with Gasteiger partial charge in [0.2, 0.25) is 6.54 Å². The lowest BCUT2D eigenvalue weighted by molar-refractivity contribution is -0.484. The zero-order chi connectivity index (χ0) is 19.7. The zero-order valence-electron chi connectivity index (χ0n) is 15.2. The minimum Gasteiger partial charge on any atom is -0.490 e. The number of esters is 2. The van der Waals surface area contributed by atoms with Gasteiger partial charge in [-0.3, -0.25) is 19.7 Å². The molecule has 0 heterocycles. The maximum atomic E-state index is 12.1. The Labute approximate surface area is 151 Å². The van der Waals surface area contributed by atoms with Crippen molar-refractivity contribution >= 4 is 11.9 Å². The van der Waals surface area contributed by atoms with Crippen LogP contribution in [-0.2, 0) is 19.1 Å². The monoisotopic (exact) mass is 369 g/mol. The Kier molecular flexibility index (Phi) is 8.33. The predicted molar refractivity (Wildman–Crippen MR) is 90.9 cm³/mol. The molecule has 0 unspecified atom stereocenters. The van der Waals surface area contributed by atoms with Crippen molar-refractivity contribution in [3.63, 3.8) is 0 Å². The summed E-state index contributed by atoms with van der Waals surface area (Å²) in [7, 11) is 2.20. The lowest BCUT2D eigenvalue weighted by Crippen LogP contribution is -2.35. The number of carbonyl (C=O) groups excluding carboxylic acids is 2. The van der Waals surface area contributed by atoms with E-state index in [2.05, 4.69) is 9.47 Å². The highest BCUT2D eigenvalue weighted by Crippen LogP contribution is 2.35. The molecule has 1 aromatic rings. The number of methoxy groups -OCH3 is 2. The fourth-order valence-corrected chi connectivity index (χ4v) is 2.54. The molecule has 9 heteroatoms. The van der Waals surface area contributed by atoms with Gasteiger partial charge in [-0.15, -0.1) is 0 Å². The molecule has 9 nitrogen and oxygen atoms in total. The average Bonchev–Trinajstić information content (AvgIpc) is 2.62. The molecule has 0 aromatic heterocycles. The van der Waals surface area contributed by atoms with Gasteiger partial charge in [-0.2, -0.15) is 0 Å². The molecule has 1 atom stereocenters. The van der Waals surface area contributed by atoms with E-state index < -0.39 is 35.2 Å². The molecule has 0 aliphatic rings. The number of nitro groups is 1. The fraction of sp³-hybridized carbons (Fsp3) is 0.529. The Morgan fingerprint density at radius 3 is 2.04 bits per heavy atom. The van der Waals surface area contributed by atoms with Gasteiger partial charge in [0.1, 0.15) is 0 Å². The Morgan fingerprint density at radius 2 is 1.58 bits per heavy atom. The van der Waals surface area contributed by atoms with E-state index in [1.54, 1.807) is 19.1 Å². The first kappa shape index (κ1) is 21.2. The van der Waals surface area contributed by atoms with Gasteiger partial charge in [-0.25, -0.2) is 0 Å². The molecule has 0 N–H and O–H groups in total. The highest BCUT2D eigenvalue weighted by molar-refractivity contribution is 5.96. The van der Waals surface area contributed by atoms with Gasteiger partial charge in [0.25, 0.3) is 0 Å².